The molecule has 0 radical (unpaired) electrons. The molecule has 0 spiro atoms. The minimum absolute atomic E-state index is 0.268. The molecule has 0 aliphatic rings. The lowest BCUT2D eigenvalue weighted by molar-refractivity contribution is 0.396. The van der Waals surface area contributed by atoms with E-state index in [9.17, 15) is 4.39 Å². The van der Waals surface area contributed by atoms with Crippen LogP contribution in [0.25, 0.3) is 0 Å². The second kappa shape index (κ2) is 9.05. The predicted molar refractivity (Wildman–Crippen MR) is 104 cm³/mol. The fourth-order valence-electron chi connectivity index (χ4n) is 2.56. The number of hydrogen-bond donors (Lipinski definition) is 1. The molecule has 0 amide bonds. The van der Waals surface area contributed by atoms with Crippen molar-refractivity contribution < 1.29 is 4.39 Å². The Kier molecular flexibility index (Phi) is 6.27. The van der Waals surface area contributed by atoms with Crippen LogP contribution in [-0.4, -0.2) is 31.1 Å². The molecule has 0 saturated heterocycles. The van der Waals surface area contributed by atoms with Crippen molar-refractivity contribution in [3.63, 3.8) is 0 Å². The lowest BCUT2D eigenvalue weighted by atomic mass is 10.2. The van der Waals surface area contributed by atoms with E-state index >= 15 is 0 Å². The summed E-state index contributed by atoms with van der Waals surface area (Å²) in [6.45, 7) is 2.33. The van der Waals surface area contributed by atoms with Gasteiger partial charge in [0.1, 0.15) is 5.82 Å². The van der Waals surface area contributed by atoms with Gasteiger partial charge in [0.05, 0.1) is 6.33 Å². The van der Waals surface area contributed by atoms with Crippen LogP contribution >= 0.6 is 12.2 Å². The number of hydrogen-bond acceptors (Lipinski definition) is 3. The Bertz CT molecular complexity index is 806. The average molecular weight is 369 g/mol. The minimum Gasteiger partial charge on any atom is -0.345 e. The van der Waals surface area contributed by atoms with Gasteiger partial charge in [-0.2, -0.15) is 0 Å². The highest BCUT2D eigenvalue weighted by Gasteiger charge is 2.11. The maximum absolute atomic E-state index is 13.1. The SMILES string of the molecule is Fc1ccc(NC(=S)N(CCCn2ccnc2)Cc2ccncc2)cc1. The Morgan fingerprint density at radius 1 is 1.08 bits per heavy atom. The van der Waals surface area contributed by atoms with E-state index in [0.29, 0.717) is 11.7 Å². The summed E-state index contributed by atoms with van der Waals surface area (Å²) in [5, 5.41) is 3.80. The van der Waals surface area contributed by atoms with Gasteiger partial charge < -0.3 is 14.8 Å². The first kappa shape index (κ1) is 18.0. The van der Waals surface area contributed by atoms with E-state index in [1.165, 1.54) is 12.1 Å². The van der Waals surface area contributed by atoms with E-state index < -0.39 is 0 Å². The number of imidazole rings is 1. The fourth-order valence-corrected chi connectivity index (χ4v) is 2.83. The van der Waals surface area contributed by atoms with Crippen molar-refractivity contribution in [1.29, 1.82) is 0 Å². The van der Waals surface area contributed by atoms with Crippen LogP contribution in [-0.2, 0) is 13.1 Å². The maximum Gasteiger partial charge on any atom is 0.173 e. The average Bonchev–Trinajstić information content (AvgIpc) is 3.17. The van der Waals surface area contributed by atoms with Gasteiger partial charge in [-0.1, -0.05) is 0 Å². The maximum atomic E-state index is 13.1. The van der Waals surface area contributed by atoms with Gasteiger partial charge in [0.25, 0.3) is 0 Å². The number of benzene rings is 1. The van der Waals surface area contributed by atoms with Gasteiger partial charge in [0, 0.05) is 50.1 Å². The van der Waals surface area contributed by atoms with Gasteiger partial charge in [-0.15, -0.1) is 0 Å². The number of thiocarbonyl (C=S) groups is 1. The first-order chi connectivity index (χ1) is 12.7. The largest absolute Gasteiger partial charge is 0.345 e. The van der Waals surface area contributed by atoms with Crippen LogP contribution in [0.1, 0.15) is 12.0 Å². The molecule has 26 heavy (non-hydrogen) atoms. The van der Waals surface area contributed by atoms with Crippen LogP contribution in [0.5, 0.6) is 0 Å². The fraction of sp³-hybridized carbons (Fsp3) is 0.211. The Morgan fingerprint density at radius 2 is 1.85 bits per heavy atom. The summed E-state index contributed by atoms with van der Waals surface area (Å²) in [5.74, 6) is -0.268. The third-order valence-corrected chi connectivity index (χ3v) is 4.27. The summed E-state index contributed by atoms with van der Waals surface area (Å²) >= 11 is 5.59. The molecule has 134 valence electrons. The molecule has 1 N–H and O–H groups in total. The molecule has 0 fully saturated rings. The van der Waals surface area contributed by atoms with E-state index in [4.69, 9.17) is 12.2 Å². The van der Waals surface area contributed by atoms with Gasteiger partial charge in [0.2, 0.25) is 0 Å². The van der Waals surface area contributed by atoms with Gasteiger partial charge in [-0.05, 0) is 60.6 Å². The summed E-state index contributed by atoms with van der Waals surface area (Å²) in [5.41, 5.74) is 1.90. The molecule has 0 aliphatic carbocycles. The molecule has 0 atom stereocenters. The highest BCUT2D eigenvalue weighted by atomic mass is 32.1. The van der Waals surface area contributed by atoms with Crippen molar-refractivity contribution in [3.8, 4) is 0 Å². The summed E-state index contributed by atoms with van der Waals surface area (Å²) in [6, 6.07) is 10.1. The van der Waals surface area contributed by atoms with Crippen LogP contribution < -0.4 is 5.32 Å². The lowest BCUT2D eigenvalue weighted by Gasteiger charge is -2.26. The number of halogens is 1. The van der Waals surface area contributed by atoms with Crippen LogP contribution in [0.15, 0.2) is 67.5 Å². The highest BCUT2D eigenvalue weighted by Crippen LogP contribution is 2.12. The zero-order valence-electron chi connectivity index (χ0n) is 14.3. The summed E-state index contributed by atoms with van der Waals surface area (Å²) < 4.78 is 15.1. The Hall–Kier alpha value is -2.80. The minimum atomic E-state index is -0.268. The quantitative estimate of drug-likeness (QED) is 0.644. The van der Waals surface area contributed by atoms with Crippen LogP contribution in [0.3, 0.4) is 0 Å². The van der Waals surface area contributed by atoms with Crippen LogP contribution in [0.4, 0.5) is 10.1 Å². The summed E-state index contributed by atoms with van der Waals surface area (Å²) in [4.78, 5) is 10.2. The van der Waals surface area contributed by atoms with Crippen molar-refractivity contribution in [2.75, 3.05) is 11.9 Å². The Morgan fingerprint density at radius 3 is 2.54 bits per heavy atom. The van der Waals surface area contributed by atoms with Crippen molar-refractivity contribution >= 4 is 23.0 Å². The van der Waals surface area contributed by atoms with E-state index in [-0.39, 0.29) is 5.82 Å². The predicted octanol–water partition coefficient (Wildman–Crippen LogP) is 3.71. The molecular weight excluding hydrogens is 349 g/mol. The molecular formula is C19H20FN5S. The third-order valence-electron chi connectivity index (χ3n) is 3.91. The molecule has 0 unspecified atom stereocenters. The second-order valence-electron chi connectivity index (χ2n) is 5.87. The van der Waals surface area contributed by atoms with Crippen LogP contribution in [0.2, 0.25) is 0 Å². The summed E-state index contributed by atoms with van der Waals surface area (Å²) in [7, 11) is 0. The Labute approximate surface area is 157 Å². The van der Waals surface area contributed by atoms with E-state index in [1.807, 2.05) is 29.2 Å². The molecule has 0 bridgehead atoms. The second-order valence-corrected chi connectivity index (χ2v) is 6.25. The molecule has 7 heteroatoms. The first-order valence-electron chi connectivity index (χ1n) is 8.37. The number of aromatic nitrogens is 3. The zero-order chi connectivity index (χ0) is 18.2. The Balaban J connectivity index is 1.64. The van der Waals surface area contributed by atoms with Crippen molar-refractivity contribution in [2.24, 2.45) is 0 Å². The number of pyridine rings is 1. The number of nitrogens with zero attached hydrogens (tertiary/aromatic N) is 4. The molecule has 3 aromatic rings. The third kappa shape index (κ3) is 5.35. The van der Waals surface area contributed by atoms with Crippen LogP contribution in [0, 0.1) is 5.82 Å². The van der Waals surface area contributed by atoms with E-state index in [0.717, 1.165) is 30.8 Å². The highest BCUT2D eigenvalue weighted by molar-refractivity contribution is 7.80. The molecule has 2 aromatic heterocycles. The van der Waals surface area contributed by atoms with Crippen molar-refractivity contribution in [1.82, 2.24) is 19.4 Å². The number of rotatable bonds is 7. The molecule has 2 heterocycles. The monoisotopic (exact) mass is 369 g/mol. The van der Waals surface area contributed by atoms with E-state index in [2.05, 4.69) is 20.2 Å². The summed E-state index contributed by atoms with van der Waals surface area (Å²) in [6.07, 6.45) is 10.00. The molecule has 1 aromatic carbocycles. The standard InChI is InChI=1S/C19H20FN5S/c20-17-2-4-18(5-3-17)23-19(26)25(14-16-6-8-21-9-7-16)12-1-11-24-13-10-22-15-24/h2-10,13,15H,1,11-12,14H2,(H,23,26). The number of aryl methyl sites for hydroxylation is 1. The van der Waals surface area contributed by atoms with Crippen molar-refractivity contribution in [2.45, 2.75) is 19.5 Å². The topological polar surface area (TPSA) is 46.0 Å². The van der Waals surface area contributed by atoms with Gasteiger partial charge in [-0.3, -0.25) is 4.98 Å². The molecule has 5 nitrogen and oxygen atoms in total. The van der Waals surface area contributed by atoms with Gasteiger partial charge in [-0.25, -0.2) is 9.37 Å². The van der Waals surface area contributed by atoms with Gasteiger partial charge in [0.15, 0.2) is 5.11 Å². The molecule has 0 saturated carbocycles. The number of anilines is 1. The molecule has 3 rings (SSSR count). The number of nitrogens with one attached hydrogen (secondary N) is 1. The first-order valence-corrected chi connectivity index (χ1v) is 8.78. The lowest BCUT2D eigenvalue weighted by Crippen LogP contribution is -2.35. The van der Waals surface area contributed by atoms with Gasteiger partial charge >= 0.3 is 0 Å². The normalized spacial score (nSPS) is 10.5. The molecule has 0 aliphatic heterocycles. The zero-order valence-corrected chi connectivity index (χ0v) is 15.1. The van der Waals surface area contributed by atoms with E-state index in [1.54, 1.807) is 30.7 Å². The smallest absolute Gasteiger partial charge is 0.173 e. The van der Waals surface area contributed by atoms with Crippen molar-refractivity contribution in [3.05, 3.63) is 78.9 Å².